The summed E-state index contributed by atoms with van der Waals surface area (Å²) in [6.07, 6.45) is 0.857. The summed E-state index contributed by atoms with van der Waals surface area (Å²) in [4.78, 5) is 14.6. The molecule has 2 rings (SSSR count). The van der Waals surface area contributed by atoms with Crippen LogP contribution < -0.4 is 14.8 Å². The van der Waals surface area contributed by atoms with Gasteiger partial charge in [0.05, 0.1) is 19.2 Å². The number of nitrogens with zero attached hydrogens (tertiary/aromatic N) is 1. The van der Waals surface area contributed by atoms with Crippen molar-refractivity contribution in [3.05, 3.63) is 58.6 Å². The van der Waals surface area contributed by atoms with Gasteiger partial charge in [0.25, 0.3) is 5.91 Å². The highest BCUT2D eigenvalue weighted by atomic mass is 35.5. The summed E-state index contributed by atoms with van der Waals surface area (Å²) in [6, 6.07) is 13.5. The van der Waals surface area contributed by atoms with Crippen LogP contribution in [0.1, 0.15) is 22.3 Å². The number of amides is 1. The van der Waals surface area contributed by atoms with Crippen LogP contribution in [0.2, 0.25) is 5.02 Å². The molecule has 0 aliphatic carbocycles. The minimum Gasteiger partial charge on any atom is -0.493 e. The van der Waals surface area contributed by atoms with E-state index in [-0.39, 0.29) is 5.91 Å². The molecule has 0 aliphatic rings. The average Bonchev–Trinajstić information content (AvgIpc) is 2.65. The van der Waals surface area contributed by atoms with Gasteiger partial charge in [0.15, 0.2) is 11.5 Å². The van der Waals surface area contributed by atoms with Crippen LogP contribution in [0.5, 0.6) is 11.5 Å². The van der Waals surface area contributed by atoms with E-state index in [0.29, 0.717) is 28.6 Å². The Kier molecular flexibility index (Phi) is 7.75. The summed E-state index contributed by atoms with van der Waals surface area (Å²) < 4.78 is 10.4. The van der Waals surface area contributed by atoms with Gasteiger partial charge in [-0.25, -0.2) is 0 Å². The molecule has 140 valence electrons. The van der Waals surface area contributed by atoms with E-state index in [2.05, 4.69) is 29.4 Å². The molecular formula is C20H25ClN2O3. The van der Waals surface area contributed by atoms with Gasteiger partial charge in [0.2, 0.25) is 0 Å². The number of hydrogen-bond acceptors (Lipinski definition) is 4. The number of benzene rings is 2. The number of rotatable bonds is 9. The van der Waals surface area contributed by atoms with Gasteiger partial charge in [-0.1, -0.05) is 41.9 Å². The summed E-state index contributed by atoms with van der Waals surface area (Å²) in [5.74, 6) is 0.680. The van der Waals surface area contributed by atoms with Crippen molar-refractivity contribution in [3.63, 3.8) is 0 Å². The normalized spacial score (nSPS) is 10.7. The first-order chi connectivity index (χ1) is 12.5. The van der Waals surface area contributed by atoms with Gasteiger partial charge in [-0.3, -0.25) is 4.79 Å². The highest BCUT2D eigenvalue weighted by Gasteiger charge is 2.15. The predicted octanol–water partition coefficient (Wildman–Crippen LogP) is 3.61. The minimum atomic E-state index is -0.182. The lowest BCUT2D eigenvalue weighted by molar-refractivity contribution is 0.0951. The fourth-order valence-corrected chi connectivity index (χ4v) is 2.96. The molecule has 0 atom stereocenters. The third kappa shape index (κ3) is 5.64. The van der Waals surface area contributed by atoms with Crippen LogP contribution in [-0.2, 0) is 6.54 Å². The van der Waals surface area contributed by atoms with Crippen LogP contribution in [0.25, 0.3) is 0 Å². The topological polar surface area (TPSA) is 50.8 Å². The molecule has 0 radical (unpaired) electrons. The molecule has 1 amide bonds. The zero-order valence-electron chi connectivity index (χ0n) is 15.4. The predicted molar refractivity (Wildman–Crippen MR) is 104 cm³/mol. The number of nitrogens with one attached hydrogen (secondary N) is 1. The maximum Gasteiger partial charge on any atom is 0.251 e. The number of ether oxygens (including phenoxy) is 2. The van der Waals surface area contributed by atoms with E-state index in [1.807, 2.05) is 18.2 Å². The Balaban J connectivity index is 1.81. The molecule has 26 heavy (non-hydrogen) atoms. The van der Waals surface area contributed by atoms with Crippen LogP contribution in [-0.4, -0.2) is 45.2 Å². The van der Waals surface area contributed by atoms with E-state index < -0.39 is 0 Å². The number of methoxy groups -OCH3 is 2. The van der Waals surface area contributed by atoms with Crippen molar-refractivity contribution in [2.24, 2.45) is 0 Å². The van der Waals surface area contributed by atoms with Crippen molar-refractivity contribution >= 4 is 17.5 Å². The Hall–Kier alpha value is -2.24. The first kappa shape index (κ1) is 20.1. The molecule has 1 N–H and O–H groups in total. The number of carbonyl (C=O) groups excluding carboxylic acids is 1. The molecule has 0 fully saturated rings. The molecule has 0 unspecified atom stereocenters. The Morgan fingerprint density at radius 3 is 2.54 bits per heavy atom. The minimum absolute atomic E-state index is 0.182. The second kappa shape index (κ2) is 10.0. The largest absolute Gasteiger partial charge is 0.493 e. The van der Waals surface area contributed by atoms with E-state index in [0.717, 1.165) is 19.5 Å². The van der Waals surface area contributed by atoms with Crippen molar-refractivity contribution in [2.45, 2.75) is 13.0 Å². The fraction of sp³-hybridized carbons (Fsp3) is 0.350. The Morgan fingerprint density at radius 1 is 1.15 bits per heavy atom. The smallest absolute Gasteiger partial charge is 0.251 e. The Morgan fingerprint density at radius 2 is 1.88 bits per heavy atom. The number of hydrogen-bond donors (Lipinski definition) is 1. The van der Waals surface area contributed by atoms with Crippen molar-refractivity contribution in [1.82, 2.24) is 10.2 Å². The van der Waals surface area contributed by atoms with Gasteiger partial charge >= 0.3 is 0 Å². The monoisotopic (exact) mass is 376 g/mol. The maximum absolute atomic E-state index is 12.3. The molecule has 6 heteroatoms. The zero-order chi connectivity index (χ0) is 18.9. The first-order valence-electron chi connectivity index (χ1n) is 8.47. The summed E-state index contributed by atoms with van der Waals surface area (Å²) >= 11 is 6.15. The van der Waals surface area contributed by atoms with Crippen molar-refractivity contribution < 1.29 is 14.3 Å². The van der Waals surface area contributed by atoms with Crippen molar-refractivity contribution in [2.75, 3.05) is 34.4 Å². The highest BCUT2D eigenvalue weighted by Crippen LogP contribution is 2.35. The summed E-state index contributed by atoms with van der Waals surface area (Å²) in [7, 11) is 5.09. The highest BCUT2D eigenvalue weighted by molar-refractivity contribution is 6.32. The zero-order valence-corrected chi connectivity index (χ0v) is 16.2. The molecule has 0 bridgehead atoms. The standard InChI is InChI=1S/C20H25ClN2O3/c1-23(14-15-8-5-4-6-9-15)11-7-10-22-20(24)16-12-17(21)19(26-3)18(13-16)25-2/h4-6,8-9,12-13H,7,10-11,14H2,1-3H3,(H,22,24). The van der Waals surface area contributed by atoms with E-state index in [4.69, 9.17) is 21.1 Å². The third-order valence-electron chi connectivity index (χ3n) is 3.99. The lowest BCUT2D eigenvalue weighted by Crippen LogP contribution is -2.28. The quantitative estimate of drug-likeness (QED) is 0.679. The lowest BCUT2D eigenvalue weighted by Gasteiger charge is -2.17. The van der Waals surface area contributed by atoms with Gasteiger partial charge in [-0.2, -0.15) is 0 Å². The fourth-order valence-electron chi connectivity index (χ4n) is 2.68. The molecule has 5 nitrogen and oxygen atoms in total. The van der Waals surface area contributed by atoms with Crippen molar-refractivity contribution in [3.8, 4) is 11.5 Å². The Bertz CT molecular complexity index is 722. The Labute approximate surface area is 159 Å². The second-order valence-electron chi connectivity index (χ2n) is 6.03. The van der Waals surface area contributed by atoms with Crippen LogP contribution >= 0.6 is 11.6 Å². The van der Waals surface area contributed by atoms with Crippen LogP contribution in [0.15, 0.2) is 42.5 Å². The van der Waals surface area contributed by atoms with Crippen LogP contribution in [0, 0.1) is 0 Å². The number of halogens is 1. The molecule has 2 aromatic rings. The number of carbonyl (C=O) groups is 1. The van der Waals surface area contributed by atoms with Gasteiger partial charge in [0, 0.05) is 18.7 Å². The summed E-state index contributed by atoms with van der Waals surface area (Å²) in [5, 5.41) is 3.26. The van der Waals surface area contributed by atoms with Crippen LogP contribution in [0.4, 0.5) is 0 Å². The molecule has 0 heterocycles. The lowest BCUT2D eigenvalue weighted by atomic mass is 10.2. The van der Waals surface area contributed by atoms with E-state index >= 15 is 0 Å². The maximum atomic E-state index is 12.3. The van der Waals surface area contributed by atoms with Gasteiger partial charge in [-0.15, -0.1) is 0 Å². The first-order valence-corrected chi connectivity index (χ1v) is 8.85. The van der Waals surface area contributed by atoms with E-state index in [1.54, 1.807) is 12.1 Å². The second-order valence-corrected chi connectivity index (χ2v) is 6.43. The molecule has 0 aromatic heterocycles. The van der Waals surface area contributed by atoms with Gasteiger partial charge < -0.3 is 19.7 Å². The average molecular weight is 377 g/mol. The molecule has 0 spiro atoms. The summed E-state index contributed by atoms with van der Waals surface area (Å²) in [6.45, 7) is 2.37. The van der Waals surface area contributed by atoms with E-state index in [1.165, 1.54) is 19.8 Å². The van der Waals surface area contributed by atoms with Gasteiger partial charge in [-0.05, 0) is 37.7 Å². The van der Waals surface area contributed by atoms with Gasteiger partial charge in [0.1, 0.15) is 0 Å². The molecular weight excluding hydrogens is 352 g/mol. The van der Waals surface area contributed by atoms with Crippen molar-refractivity contribution in [1.29, 1.82) is 0 Å². The third-order valence-corrected chi connectivity index (χ3v) is 4.27. The van der Waals surface area contributed by atoms with Crippen LogP contribution in [0.3, 0.4) is 0 Å². The molecule has 0 aliphatic heterocycles. The van der Waals surface area contributed by atoms with E-state index in [9.17, 15) is 4.79 Å². The summed E-state index contributed by atoms with van der Waals surface area (Å²) in [5.41, 5.74) is 1.73. The molecule has 0 saturated carbocycles. The SMILES string of the molecule is COc1cc(C(=O)NCCCN(C)Cc2ccccc2)cc(Cl)c1OC. The molecule has 2 aromatic carbocycles. The molecule has 0 saturated heterocycles.